The Hall–Kier alpha value is -0.120. The van der Waals surface area contributed by atoms with E-state index in [9.17, 15) is 0 Å². The molecule has 0 amide bonds. The van der Waals surface area contributed by atoms with E-state index >= 15 is 0 Å². The molecule has 0 aliphatic carbocycles. The Morgan fingerprint density at radius 3 is 2.44 bits per heavy atom. The fourth-order valence-corrected chi connectivity index (χ4v) is 3.30. The van der Waals surface area contributed by atoms with Crippen molar-refractivity contribution in [3.05, 3.63) is 0 Å². The first-order chi connectivity index (χ1) is 8.31. The molecule has 0 radical (unpaired) electrons. The van der Waals surface area contributed by atoms with Crippen LogP contribution in [0.4, 0.5) is 0 Å². The summed E-state index contributed by atoms with van der Waals surface area (Å²) in [6, 6.07) is 0.684. The normalized spacial score (nSPS) is 30.2. The molecular weight excluding hydrogens is 224 g/mol. The van der Waals surface area contributed by atoms with Gasteiger partial charge in [-0.2, -0.15) is 0 Å². The van der Waals surface area contributed by atoms with Crippen LogP contribution in [0.3, 0.4) is 0 Å². The number of nitrogens with two attached hydrogens (primary N) is 1. The van der Waals surface area contributed by atoms with E-state index in [1.165, 1.54) is 6.42 Å². The maximum Gasteiger partial charge on any atom is 0.0724 e. The first-order valence-corrected chi connectivity index (χ1v) is 7.33. The third-order valence-corrected chi connectivity index (χ3v) is 4.38. The largest absolute Gasteiger partial charge is 0.380 e. The molecule has 4 unspecified atom stereocenters. The van der Waals surface area contributed by atoms with Gasteiger partial charge in [-0.3, -0.25) is 4.90 Å². The first kappa shape index (κ1) is 15.9. The SMILES string of the molecule is CCC(N)C(N1CCC(C)C(OC)C1)C(C)(C)C. The van der Waals surface area contributed by atoms with Crippen LogP contribution < -0.4 is 5.73 Å². The van der Waals surface area contributed by atoms with E-state index in [1.54, 1.807) is 0 Å². The molecule has 18 heavy (non-hydrogen) atoms. The summed E-state index contributed by atoms with van der Waals surface area (Å²) in [5, 5.41) is 0. The summed E-state index contributed by atoms with van der Waals surface area (Å²) < 4.78 is 5.63. The number of ether oxygens (including phenoxy) is 1. The second-order valence-corrected chi connectivity index (χ2v) is 6.92. The molecule has 1 aliphatic heterocycles. The Labute approximate surface area is 113 Å². The lowest BCUT2D eigenvalue weighted by molar-refractivity contribution is -0.0427. The molecule has 0 saturated carbocycles. The molecule has 1 heterocycles. The van der Waals surface area contributed by atoms with E-state index in [0.717, 1.165) is 19.5 Å². The van der Waals surface area contributed by atoms with E-state index in [1.807, 2.05) is 7.11 Å². The lowest BCUT2D eigenvalue weighted by atomic mass is 9.79. The number of hydrogen-bond donors (Lipinski definition) is 1. The third kappa shape index (κ3) is 3.69. The van der Waals surface area contributed by atoms with Crippen LogP contribution in [0.25, 0.3) is 0 Å². The summed E-state index contributed by atoms with van der Waals surface area (Å²) in [4.78, 5) is 2.56. The van der Waals surface area contributed by atoms with E-state index in [4.69, 9.17) is 10.5 Å². The maximum atomic E-state index is 6.37. The van der Waals surface area contributed by atoms with Gasteiger partial charge in [0.25, 0.3) is 0 Å². The van der Waals surface area contributed by atoms with Crippen LogP contribution in [-0.4, -0.2) is 43.3 Å². The molecular formula is C15H32N2O. The van der Waals surface area contributed by atoms with Gasteiger partial charge in [0, 0.05) is 25.7 Å². The zero-order chi connectivity index (χ0) is 13.9. The van der Waals surface area contributed by atoms with E-state index < -0.39 is 0 Å². The molecule has 0 aromatic rings. The van der Waals surface area contributed by atoms with Gasteiger partial charge in [0.15, 0.2) is 0 Å². The lowest BCUT2D eigenvalue weighted by Gasteiger charge is -2.47. The fraction of sp³-hybridized carbons (Fsp3) is 1.00. The van der Waals surface area contributed by atoms with E-state index in [-0.39, 0.29) is 11.5 Å². The maximum absolute atomic E-state index is 6.37. The summed E-state index contributed by atoms with van der Waals surface area (Å²) in [7, 11) is 1.83. The predicted octanol–water partition coefficient (Wildman–Crippen LogP) is 2.50. The molecule has 4 atom stereocenters. The molecule has 1 rings (SSSR count). The minimum absolute atomic E-state index is 0.217. The van der Waals surface area contributed by atoms with Crippen molar-refractivity contribution in [1.29, 1.82) is 0 Å². The summed E-state index contributed by atoms with van der Waals surface area (Å²) in [6.45, 7) is 13.5. The molecule has 108 valence electrons. The molecule has 0 aromatic heterocycles. The van der Waals surface area contributed by atoms with Gasteiger partial charge in [0.05, 0.1) is 6.10 Å². The Balaban J connectivity index is 2.80. The van der Waals surface area contributed by atoms with Crippen LogP contribution in [0.1, 0.15) is 47.5 Å². The summed E-state index contributed by atoms with van der Waals surface area (Å²) >= 11 is 0. The van der Waals surface area contributed by atoms with Crippen LogP contribution in [-0.2, 0) is 4.74 Å². The van der Waals surface area contributed by atoms with Crippen molar-refractivity contribution in [3.8, 4) is 0 Å². The van der Waals surface area contributed by atoms with Crippen LogP contribution in [0.15, 0.2) is 0 Å². The van der Waals surface area contributed by atoms with Crippen LogP contribution >= 0.6 is 0 Å². The van der Waals surface area contributed by atoms with Crippen LogP contribution in [0.2, 0.25) is 0 Å². The quantitative estimate of drug-likeness (QED) is 0.840. The molecule has 1 aliphatic rings. The van der Waals surface area contributed by atoms with Gasteiger partial charge in [0.1, 0.15) is 0 Å². The molecule has 0 spiro atoms. The Kier molecular flexibility index (Phi) is 5.63. The van der Waals surface area contributed by atoms with Gasteiger partial charge in [0.2, 0.25) is 0 Å². The molecule has 3 nitrogen and oxygen atoms in total. The molecule has 1 saturated heterocycles. The molecule has 3 heteroatoms. The van der Waals surface area contributed by atoms with Crippen molar-refractivity contribution in [3.63, 3.8) is 0 Å². The highest BCUT2D eigenvalue weighted by molar-refractivity contribution is 4.94. The van der Waals surface area contributed by atoms with Crippen LogP contribution in [0, 0.1) is 11.3 Å². The average molecular weight is 256 g/mol. The van der Waals surface area contributed by atoms with Gasteiger partial charge in [-0.25, -0.2) is 0 Å². The van der Waals surface area contributed by atoms with Gasteiger partial charge >= 0.3 is 0 Å². The fourth-order valence-electron chi connectivity index (χ4n) is 3.30. The van der Waals surface area contributed by atoms with Crippen molar-refractivity contribution in [2.45, 2.75) is 65.6 Å². The zero-order valence-electron chi connectivity index (χ0n) is 13.1. The topological polar surface area (TPSA) is 38.5 Å². The first-order valence-electron chi connectivity index (χ1n) is 7.33. The van der Waals surface area contributed by atoms with Crippen molar-refractivity contribution in [2.75, 3.05) is 20.2 Å². The number of methoxy groups -OCH3 is 1. The summed E-state index contributed by atoms with van der Waals surface area (Å²) in [5.74, 6) is 0.657. The third-order valence-electron chi connectivity index (χ3n) is 4.38. The van der Waals surface area contributed by atoms with Crippen molar-refractivity contribution in [1.82, 2.24) is 4.90 Å². The smallest absolute Gasteiger partial charge is 0.0724 e. The zero-order valence-corrected chi connectivity index (χ0v) is 13.1. The summed E-state index contributed by atoms with van der Waals surface area (Å²) in [6.07, 6.45) is 2.60. The standard InChI is InChI=1S/C15H32N2O/c1-7-12(16)14(15(3,4)5)17-9-8-11(2)13(10-17)18-6/h11-14H,7-10,16H2,1-6H3. The van der Waals surface area contributed by atoms with Gasteiger partial charge in [-0.15, -0.1) is 0 Å². The highest BCUT2D eigenvalue weighted by atomic mass is 16.5. The molecule has 0 bridgehead atoms. The Morgan fingerprint density at radius 2 is 2.00 bits per heavy atom. The number of rotatable bonds is 4. The van der Waals surface area contributed by atoms with Crippen molar-refractivity contribution >= 4 is 0 Å². The number of nitrogens with zero attached hydrogens (tertiary/aromatic N) is 1. The second kappa shape index (κ2) is 6.36. The molecule has 0 aromatic carbocycles. The van der Waals surface area contributed by atoms with Crippen molar-refractivity contribution in [2.24, 2.45) is 17.1 Å². The highest BCUT2D eigenvalue weighted by Gasteiger charge is 2.38. The van der Waals surface area contributed by atoms with Crippen LogP contribution in [0.5, 0.6) is 0 Å². The number of likely N-dealkylation sites (tertiary alicyclic amines) is 1. The Morgan fingerprint density at radius 1 is 1.39 bits per heavy atom. The lowest BCUT2D eigenvalue weighted by Crippen LogP contribution is -2.59. The van der Waals surface area contributed by atoms with Gasteiger partial charge in [-0.05, 0) is 30.7 Å². The molecule has 1 fully saturated rings. The monoisotopic (exact) mass is 256 g/mol. The predicted molar refractivity (Wildman–Crippen MR) is 77.7 cm³/mol. The van der Waals surface area contributed by atoms with Crippen molar-refractivity contribution < 1.29 is 4.74 Å². The average Bonchev–Trinajstić information content (AvgIpc) is 2.29. The van der Waals surface area contributed by atoms with E-state index in [0.29, 0.717) is 18.1 Å². The Bertz CT molecular complexity index is 249. The highest BCUT2D eigenvalue weighted by Crippen LogP contribution is 2.31. The molecule has 2 N–H and O–H groups in total. The minimum atomic E-state index is 0.217. The number of hydrogen-bond acceptors (Lipinski definition) is 3. The summed E-state index contributed by atoms with van der Waals surface area (Å²) in [5.41, 5.74) is 6.59. The minimum Gasteiger partial charge on any atom is -0.380 e. The van der Waals surface area contributed by atoms with Gasteiger partial charge in [-0.1, -0.05) is 34.6 Å². The van der Waals surface area contributed by atoms with Gasteiger partial charge < -0.3 is 10.5 Å². The second-order valence-electron chi connectivity index (χ2n) is 6.92. The number of piperidine rings is 1. The van der Waals surface area contributed by atoms with E-state index in [2.05, 4.69) is 39.5 Å².